The van der Waals surface area contributed by atoms with Crippen LogP contribution in [0.25, 0.3) is 6.08 Å². The Hall–Kier alpha value is -3.01. The fraction of sp³-hybridized carbons (Fsp3) is 0.150. The molecule has 4 nitrogen and oxygen atoms in total. The van der Waals surface area contributed by atoms with Gasteiger partial charge in [0.15, 0.2) is 11.5 Å². The molecular formula is C20H19NO3. The predicted octanol–water partition coefficient (Wildman–Crippen LogP) is 3.25. The van der Waals surface area contributed by atoms with Gasteiger partial charge in [0.1, 0.15) is 0 Å². The smallest absolute Gasteiger partial charge is 0.246 e. The van der Waals surface area contributed by atoms with Crippen LogP contribution in [0.5, 0.6) is 11.5 Å². The van der Waals surface area contributed by atoms with Gasteiger partial charge in [-0.25, -0.2) is 0 Å². The highest BCUT2D eigenvalue weighted by Gasteiger charge is 2.18. The molecule has 0 atom stereocenters. The minimum Gasteiger partial charge on any atom is -0.504 e. The van der Waals surface area contributed by atoms with Gasteiger partial charge >= 0.3 is 0 Å². The van der Waals surface area contributed by atoms with Crippen molar-refractivity contribution >= 4 is 12.0 Å². The summed E-state index contributed by atoms with van der Waals surface area (Å²) in [5.74, 6) is -0.324. The first kappa shape index (κ1) is 15.9. The van der Waals surface area contributed by atoms with Gasteiger partial charge in [-0.15, -0.1) is 0 Å². The van der Waals surface area contributed by atoms with E-state index in [0.717, 1.165) is 18.5 Å². The van der Waals surface area contributed by atoms with E-state index in [2.05, 4.69) is 12.1 Å². The van der Waals surface area contributed by atoms with Crippen LogP contribution in [0.2, 0.25) is 0 Å². The Bertz CT molecular complexity index is 808. The molecule has 0 bridgehead atoms. The molecule has 0 unspecified atom stereocenters. The normalized spacial score (nSPS) is 14.2. The Morgan fingerprint density at radius 1 is 1.00 bits per heavy atom. The number of carbonyl (C=O) groups is 1. The highest BCUT2D eigenvalue weighted by atomic mass is 16.3. The molecule has 1 heterocycles. The van der Waals surface area contributed by atoms with Crippen molar-refractivity contribution in [3.05, 3.63) is 77.4 Å². The quantitative estimate of drug-likeness (QED) is 0.518. The molecule has 2 aromatic carbocycles. The number of hydrogen-bond donors (Lipinski definition) is 2. The molecule has 0 radical (unpaired) electrons. The summed E-state index contributed by atoms with van der Waals surface area (Å²) in [7, 11) is 0. The van der Waals surface area contributed by atoms with Gasteiger partial charge in [-0.05, 0) is 35.2 Å². The Morgan fingerprint density at radius 3 is 2.58 bits per heavy atom. The number of nitrogens with zero attached hydrogens (tertiary/aromatic N) is 1. The van der Waals surface area contributed by atoms with Crippen LogP contribution < -0.4 is 0 Å². The van der Waals surface area contributed by atoms with Crippen LogP contribution in [0.15, 0.2) is 60.7 Å². The maximum absolute atomic E-state index is 12.3. The second-order valence-electron chi connectivity index (χ2n) is 5.74. The summed E-state index contributed by atoms with van der Waals surface area (Å²) >= 11 is 0. The maximum atomic E-state index is 12.3. The van der Waals surface area contributed by atoms with E-state index in [4.69, 9.17) is 0 Å². The van der Waals surface area contributed by atoms with Crippen LogP contribution in [-0.4, -0.2) is 27.6 Å². The Labute approximate surface area is 141 Å². The van der Waals surface area contributed by atoms with Crippen LogP contribution in [0.3, 0.4) is 0 Å². The number of carbonyl (C=O) groups excluding carboxylic acids is 1. The molecule has 0 saturated carbocycles. The van der Waals surface area contributed by atoms with E-state index in [0.29, 0.717) is 6.54 Å². The molecule has 1 amide bonds. The van der Waals surface area contributed by atoms with Crippen molar-refractivity contribution in [3.8, 4) is 11.5 Å². The topological polar surface area (TPSA) is 60.8 Å². The van der Waals surface area contributed by atoms with Gasteiger partial charge in [0.05, 0.1) is 0 Å². The van der Waals surface area contributed by atoms with Crippen molar-refractivity contribution in [1.29, 1.82) is 0 Å². The molecular weight excluding hydrogens is 302 g/mol. The summed E-state index contributed by atoms with van der Waals surface area (Å²) in [4.78, 5) is 14.1. The summed E-state index contributed by atoms with van der Waals surface area (Å²) in [6, 6.07) is 12.8. The number of rotatable bonds is 3. The first-order valence-electron chi connectivity index (χ1n) is 7.86. The maximum Gasteiger partial charge on any atom is 0.246 e. The molecule has 0 aliphatic carbocycles. The predicted molar refractivity (Wildman–Crippen MR) is 93.5 cm³/mol. The molecule has 2 aromatic rings. The summed E-state index contributed by atoms with van der Waals surface area (Å²) in [6.07, 6.45) is 7.62. The second-order valence-corrected chi connectivity index (χ2v) is 5.74. The number of phenolic OH excluding ortho intramolecular Hbond substituents is 2. The summed E-state index contributed by atoms with van der Waals surface area (Å²) < 4.78 is 0. The van der Waals surface area contributed by atoms with Gasteiger partial charge in [0.2, 0.25) is 5.91 Å². The van der Waals surface area contributed by atoms with E-state index in [1.165, 1.54) is 23.3 Å². The zero-order valence-electron chi connectivity index (χ0n) is 13.2. The first-order chi connectivity index (χ1) is 11.6. The Morgan fingerprint density at radius 2 is 1.79 bits per heavy atom. The number of benzene rings is 2. The second kappa shape index (κ2) is 7.04. The van der Waals surface area contributed by atoms with Crippen molar-refractivity contribution < 1.29 is 15.0 Å². The van der Waals surface area contributed by atoms with Gasteiger partial charge < -0.3 is 15.1 Å². The standard InChI is InChI=1S/C20H19NO3/c22-18-10-9-15(13-19(18)23)5-1-4-8-20(24)21-12-11-16-6-2-3-7-17(16)14-21/h1-10,13,22-23H,11-12,14H2/b5-1+,8-4+. The third-order valence-electron chi connectivity index (χ3n) is 4.08. The SMILES string of the molecule is O=C(/C=C/C=C/c1ccc(O)c(O)c1)N1CCc2ccccc2C1. The molecule has 2 N–H and O–H groups in total. The molecule has 24 heavy (non-hydrogen) atoms. The molecule has 1 aliphatic heterocycles. The molecule has 0 saturated heterocycles. The fourth-order valence-corrected chi connectivity index (χ4v) is 2.74. The summed E-state index contributed by atoms with van der Waals surface area (Å²) in [5.41, 5.74) is 3.27. The van der Waals surface area contributed by atoms with Gasteiger partial charge in [0, 0.05) is 19.2 Å². The van der Waals surface area contributed by atoms with Crippen molar-refractivity contribution in [2.45, 2.75) is 13.0 Å². The highest BCUT2D eigenvalue weighted by Crippen LogP contribution is 2.25. The van der Waals surface area contributed by atoms with Crippen molar-refractivity contribution in [3.63, 3.8) is 0 Å². The van der Waals surface area contributed by atoms with Crippen LogP contribution in [-0.2, 0) is 17.8 Å². The lowest BCUT2D eigenvalue weighted by Gasteiger charge is -2.27. The first-order valence-corrected chi connectivity index (χ1v) is 7.86. The number of allylic oxidation sites excluding steroid dienone is 2. The number of aromatic hydroxyl groups is 2. The molecule has 0 aromatic heterocycles. The lowest BCUT2D eigenvalue weighted by molar-refractivity contribution is -0.126. The molecule has 0 fully saturated rings. The number of phenols is 2. The van der Waals surface area contributed by atoms with Gasteiger partial charge in [-0.2, -0.15) is 0 Å². The number of hydrogen-bond acceptors (Lipinski definition) is 3. The van der Waals surface area contributed by atoms with E-state index in [9.17, 15) is 15.0 Å². The van der Waals surface area contributed by atoms with Crippen LogP contribution in [0.4, 0.5) is 0 Å². The average molecular weight is 321 g/mol. The minimum absolute atomic E-state index is 0.0114. The minimum atomic E-state index is -0.163. The van der Waals surface area contributed by atoms with Gasteiger partial charge in [-0.3, -0.25) is 4.79 Å². The molecule has 122 valence electrons. The average Bonchev–Trinajstić information content (AvgIpc) is 2.61. The van der Waals surface area contributed by atoms with Crippen molar-refractivity contribution in [2.75, 3.05) is 6.54 Å². The third-order valence-corrected chi connectivity index (χ3v) is 4.08. The monoisotopic (exact) mass is 321 g/mol. The van der Waals surface area contributed by atoms with Crippen LogP contribution >= 0.6 is 0 Å². The van der Waals surface area contributed by atoms with Crippen molar-refractivity contribution in [1.82, 2.24) is 4.90 Å². The largest absolute Gasteiger partial charge is 0.504 e. The molecule has 0 spiro atoms. The third kappa shape index (κ3) is 3.66. The number of amides is 1. The number of fused-ring (bicyclic) bond motifs is 1. The molecule has 4 heteroatoms. The molecule has 1 aliphatic rings. The zero-order valence-corrected chi connectivity index (χ0v) is 13.2. The van der Waals surface area contributed by atoms with E-state index in [1.807, 2.05) is 17.0 Å². The summed E-state index contributed by atoms with van der Waals surface area (Å²) in [6.45, 7) is 1.38. The fourth-order valence-electron chi connectivity index (χ4n) is 2.74. The lowest BCUT2D eigenvalue weighted by Crippen LogP contribution is -2.34. The zero-order chi connectivity index (χ0) is 16.9. The molecule has 3 rings (SSSR count). The van der Waals surface area contributed by atoms with Crippen LogP contribution in [0, 0.1) is 0 Å². The highest BCUT2D eigenvalue weighted by molar-refractivity contribution is 5.88. The van der Waals surface area contributed by atoms with Crippen molar-refractivity contribution in [2.24, 2.45) is 0 Å². The van der Waals surface area contributed by atoms with Gasteiger partial charge in [-0.1, -0.05) is 48.6 Å². The summed E-state index contributed by atoms with van der Waals surface area (Å²) in [5, 5.41) is 18.7. The van der Waals surface area contributed by atoms with E-state index in [1.54, 1.807) is 30.4 Å². The van der Waals surface area contributed by atoms with E-state index in [-0.39, 0.29) is 17.4 Å². The Kier molecular flexibility index (Phi) is 4.66. The Balaban J connectivity index is 1.60. The van der Waals surface area contributed by atoms with E-state index >= 15 is 0 Å². The lowest BCUT2D eigenvalue weighted by atomic mass is 10.00. The van der Waals surface area contributed by atoms with Gasteiger partial charge in [0.25, 0.3) is 0 Å². The van der Waals surface area contributed by atoms with E-state index < -0.39 is 0 Å². The van der Waals surface area contributed by atoms with Crippen LogP contribution in [0.1, 0.15) is 16.7 Å².